The Hall–Kier alpha value is -0.870. The molecule has 2 nitrogen and oxygen atoms in total. The van der Waals surface area contributed by atoms with Crippen LogP contribution in [0.4, 0.5) is 0 Å². The van der Waals surface area contributed by atoms with Gasteiger partial charge in [-0.3, -0.25) is 0 Å². The van der Waals surface area contributed by atoms with E-state index in [1.807, 2.05) is 30.5 Å². The second-order valence-electron chi connectivity index (χ2n) is 4.52. The maximum Gasteiger partial charge on any atom is 0.115 e. The molecule has 94 valence electrons. The van der Waals surface area contributed by atoms with Crippen molar-refractivity contribution in [2.24, 2.45) is 0 Å². The van der Waals surface area contributed by atoms with E-state index >= 15 is 0 Å². The molecule has 1 atom stereocenters. The number of thiophene rings is 1. The summed E-state index contributed by atoms with van der Waals surface area (Å²) in [5.74, 6) is 0. The van der Waals surface area contributed by atoms with Gasteiger partial charge < -0.3 is 9.84 Å². The van der Waals surface area contributed by atoms with Crippen molar-refractivity contribution >= 4 is 22.9 Å². The minimum absolute atomic E-state index is 0.632. The third kappa shape index (κ3) is 1.97. The summed E-state index contributed by atoms with van der Waals surface area (Å²) < 4.78 is 5.38. The predicted molar refractivity (Wildman–Crippen MR) is 73.1 cm³/mol. The normalized spacial score (nSPS) is 15.7. The molecule has 1 aromatic carbocycles. The average molecular weight is 281 g/mol. The van der Waals surface area contributed by atoms with Crippen molar-refractivity contribution in [2.75, 3.05) is 0 Å². The van der Waals surface area contributed by atoms with Crippen molar-refractivity contribution in [3.63, 3.8) is 0 Å². The van der Waals surface area contributed by atoms with Crippen LogP contribution >= 0.6 is 22.9 Å². The van der Waals surface area contributed by atoms with Gasteiger partial charge in [-0.15, -0.1) is 11.3 Å². The van der Waals surface area contributed by atoms with Crippen molar-refractivity contribution in [3.8, 4) is 0 Å². The number of aliphatic hydroxyl groups excluding tert-OH is 1. The van der Waals surface area contributed by atoms with Crippen molar-refractivity contribution in [1.82, 2.24) is 0 Å². The fraction of sp³-hybridized carbons (Fsp3) is 0.286. The first kappa shape index (κ1) is 12.2. The number of rotatable bonds is 2. The lowest BCUT2D eigenvalue weighted by molar-refractivity contribution is 0.134. The summed E-state index contributed by atoms with van der Waals surface area (Å²) >= 11 is 7.70. The molecule has 0 saturated carbocycles. The number of hydrogen-bond donors (Lipinski definition) is 1. The van der Waals surface area contributed by atoms with Crippen LogP contribution in [-0.2, 0) is 18.0 Å². The maximum absolute atomic E-state index is 10.4. The molecule has 0 aliphatic carbocycles. The smallest absolute Gasteiger partial charge is 0.115 e. The Kier molecular flexibility index (Phi) is 3.16. The van der Waals surface area contributed by atoms with Crippen LogP contribution in [0.5, 0.6) is 0 Å². The number of fused-ring (bicyclic) bond motifs is 1. The summed E-state index contributed by atoms with van der Waals surface area (Å²) in [6, 6.07) is 5.98. The van der Waals surface area contributed by atoms with Crippen molar-refractivity contribution in [3.05, 3.63) is 55.7 Å². The first-order valence-electron chi connectivity index (χ1n) is 5.78. The van der Waals surface area contributed by atoms with E-state index < -0.39 is 6.10 Å². The molecular formula is C14H13ClO2S. The van der Waals surface area contributed by atoms with E-state index in [0.717, 1.165) is 21.6 Å². The number of aryl methyl sites for hydroxylation is 1. The van der Waals surface area contributed by atoms with Crippen LogP contribution in [0.3, 0.4) is 0 Å². The Morgan fingerprint density at radius 2 is 2.11 bits per heavy atom. The summed E-state index contributed by atoms with van der Waals surface area (Å²) in [5, 5.41) is 13.0. The van der Waals surface area contributed by atoms with Gasteiger partial charge >= 0.3 is 0 Å². The SMILES string of the molecule is Cc1csc(C(O)c2ccc3c(c2)COC3)c1Cl. The van der Waals surface area contributed by atoms with E-state index in [-0.39, 0.29) is 0 Å². The lowest BCUT2D eigenvalue weighted by atomic mass is 10.0. The Bertz CT molecular complexity index is 591. The minimum atomic E-state index is -0.651. The molecule has 0 radical (unpaired) electrons. The monoisotopic (exact) mass is 280 g/mol. The molecule has 18 heavy (non-hydrogen) atoms. The Morgan fingerprint density at radius 1 is 1.33 bits per heavy atom. The molecule has 2 aromatic rings. The number of aliphatic hydroxyl groups is 1. The molecule has 2 heterocycles. The molecule has 3 rings (SSSR count). The summed E-state index contributed by atoms with van der Waals surface area (Å²) in [5.41, 5.74) is 4.26. The fourth-order valence-corrected chi connectivity index (χ4v) is 3.45. The van der Waals surface area contributed by atoms with E-state index in [4.69, 9.17) is 16.3 Å². The van der Waals surface area contributed by atoms with Gasteiger partial charge in [0, 0.05) is 0 Å². The molecule has 1 unspecified atom stereocenters. The second-order valence-corrected chi connectivity index (χ2v) is 5.81. The summed E-state index contributed by atoms with van der Waals surface area (Å²) in [6.07, 6.45) is -0.651. The highest BCUT2D eigenvalue weighted by atomic mass is 35.5. The van der Waals surface area contributed by atoms with Crippen LogP contribution in [0, 0.1) is 6.92 Å². The molecule has 4 heteroatoms. The highest BCUT2D eigenvalue weighted by Gasteiger charge is 2.19. The number of benzene rings is 1. The number of hydrogen-bond acceptors (Lipinski definition) is 3. The summed E-state index contributed by atoms with van der Waals surface area (Å²) in [6.45, 7) is 3.25. The van der Waals surface area contributed by atoms with E-state index in [1.54, 1.807) is 0 Å². The highest BCUT2D eigenvalue weighted by Crippen LogP contribution is 2.36. The molecule has 1 N–H and O–H groups in total. The molecule has 1 aliphatic rings. The van der Waals surface area contributed by atoms with Crippen LogP contribution < -0.4 is 0 Å². The summed E-state index contributed by atoms with van der Waals surface area (Å²) in [4.78, 5) is 0.813. The number of ether oxygens (including phenoxy) is 1. The van der Waals surface area contributed by atoms with Gasteiger partial charge in [-0.25, -0.2) is 0 Å². The van der Waals surface area contributed by atoms with Crippen LogP contribution in [0.25, 0.3) is 0 Å². The third-order valence-electron chi connectivity index (χ3n) is 3.23. The van der Waals surface area contributed by atoms with Gasteiger partial charge in [-0.1, -0.05) is 29.8 Å². The van der Waals surface area contributed by atoms with Crippen LogP contribution in [0.2, 0.25) is 5.02 Å². The van der Waals surface area contributed by atoms with Crippen LogP contribution in [0.1, 0.15) is 33.2 Å². The van der Waals surface area contributed by atoms with Gasteiger partial charge in [0.05, 0.1) is 23.1 Å². The number of halogens is 1. The van der Waals surface area contributed by atoms with Crippen molar-refractivity contribution in [1.29, 1.82) is 0 Å². The zero-order chi connectivity index (χ0) is 12.7. The fourth-order valence-electron chi connectivity index (χ4n) is 2.15. The molecule has 0 saturated heterocycles. The van der Waals surface area contributed by atoms with Crippen molar-refractivity contribution < 1.29 is 9.84 Å². The van der Waals surface area contributed by atoms with Gasteiger partial charge in [-0.05, 0) is 34.6 Å². The Balaban J connectivity index is 1.97. The third-order valence-corrected chi connectivity index (χ3v) is 5.00. The zero-order valence-corrected chi connectivity index (χ0v) is 11.5. The molecular weight excluding hydrogens is 268 g/mol. The summed E-state index contributed by atoms with van der Waals surface area (Å²) in [7, 11) is 0. The van der Waals surface area contributed by atoms with E-state index in [2.05, 4.69) is 0 Å². The molecule has 0 fully saturated rings. The lowest BCUT2D eigenvalue weighted by Gasteiger charge is -2.11. The minimum Gasteiger partial charge on any atom is -0.383 e. The Morgan fingerprint density at radius 3 is 2.83 bits per heavy atom. The van der Waals surface area contributed by atoms with Gasteiger partial charge in [-0.2, -0.15) is 0 Å². The first-order valence-corrected chi connectivity index (χ1v) is 7.03. The average Bonchev–Trinajstić information content (AvgIpc) is 2.96. The van der Waals surface area contributed by atoms with Gasteiger partial charge in [0.25, 0.3) is 0 Å². The van der Waals surface area contributed by atoms with Crippen LogP contribution in [0.15, 0.2) is 23.6 Å². The van der Waals surface area contributed by atoms with E-state index in [9.17, 15) is 5.11 Å². The quantitative estimate of drug-likeness (QED) is 0.906. The van der Waals surface area contributed by atoms with Gasteiger partial charge in [0.15, 0.2) is 0 Å². The van der Waals surface area contributed by atoms with E-state index in [0.29, 0.717) is 18.2 Å². The molecule has 1 aromatic heterocycles. The Labute approximate surface area is 115 Å². The van der Waals surface area contributed by atoms with Gasteiger partial charge in [0.1, 0.15) is 6.10 Å². The predicted octanol–water partition coefficient (Wildman–Crippen LogP) is 3.82. The molecule has 0 spiro atoms. The lowest BCUT2D eigenvalue weighted by Crippen LogP contribution is -1.99. The molecule has 0 bridgehead atoms. The highest BCUT2D eigenvalue weighted by molar-refractivity contribution is 7.10. The van der Waals surface area contributed by atoms with E-state index in [1.165, 1.54) is 16.9 Å². The second kappa shape index (κ2) is 4.67. The zero-order valence-electron chi connectivity index (χ0n) is 9.94. The maximum atomic E-state index is 10.4. The topological polar surface area (TPSA) is 29.5 Å². The van der Waals surface area contributed by atoms with Crippen LogP contribution in [-0.4, -0.2) is 5.11 Å². The molecule has 1 aliphatic heterocycles. The standard InChI is InChI=1S/C14H13ClO2S/c1-8-7-18-14(12(8)15)13(16)9-2-3-10-5-17-6-11(10)4-9/h2-4,7,13,16H,5-6H2,1H3. The first-order chi connectivity index (χ1) is 8.66. The largest absolute Gasteiger partial charge is 0.383 e. The van der Waals surface area contributed by atoms with Gasteiger partial charge in [0.2, 0.25) is 0 Å². The van der Waals surface area contributed by atoms with Crippen molar-refractivity contribution in [2.45, 2.75) is 26.2 Å². The molecule has 0 amide bonds.